The Hall–Kier alpha value is -4.78. The minimum absolute atomic E-state index is 0.0681. The number of fused-ring (bicyclic) bond motifs is 2. The van der Waals surface area contributed by atoms with Crippen molar-refractivity contribution in [3.8, 4) is 29.1 Å². The fourth-order valence-corrected chi connectivity index (χ4v) is 5.42. The molecule has 0 unspecified atom stereocenters. The van der Waals surface area contributed by atoms with Gasteiger partial charge < -0.3 is 43.2 Å². The average Bonchev–Trinajstić information content (AvgIpc) is 3.67. The SMILES string of the molecule is O=C(CCOCCOCCOCCOCC[n+]1c(-c2nc3ccc(OCCCS(=O)(=O)O)cc3o2)ccc2ccccc21)On1c(O)ccc1O. The van der Waals surface area contributed by atoms with E-state index in [4.69, 9.17) is 37.5 Å². The lowest BCUT2D eigenvalue weighted by Crippen LogP contribution is -2.39. The zero-order valence-corrected chi connectivity index (χ0v) is 28.5. The summed E-state index contributed by atoms with van der Waals surface area (Å²) in [5.41, 5.74) is 2.89. The maximum absolute atomic E-state index is 11.8. The largest absolute Gasteiger partial charge is 0.493 e. The maximum atomic E-state index is 11.8. The van der Waals surface area contributed by atoms with Gasteiger partial charge in [-0.05, 0) is 30.7 Å². The predicted octanol–water partition coefficient (Wildman–Crippen LogP) is 2.92. The first-order valence-corrected chi connectivity index (χ1v) is 17.8. The molecule has 17 heteroatoms. The van der Waals surface area contributed by atoms with Gasteiger partial charge in [-0.15, -0.1) is 4.73 Å². The van der Waals surface area contributed by atoms with Crippen LogP contribution in [0.15, 0.2) is 71.1 Å². The van der Waals surface area contributed by atoms with Crippen LogP contribution in [0.2, 0.25) is 0 Å². The molecule has 51 heavy (non-hydrogen) atoms. The van der Waals surface area contributed by atoms with Crippen LogP contribution in [0, 0.1) is 0 Å². The zero-order chi connectivity index (χ0) is 36.1. The Kier molecular flexibility index (Phi) is 13.6. The van der Waals surface area contributed by atoms with Crippen molar-refractivity contribution in [3.63, 3.8) is 0 Å². The van der Waals surface area contributed by atoms with Crippen molar-refractivity contribution in [1.29, 1.82) is 0 Å². The number of carbonyl (C=O) groups excluding carboxylic acids is 1. The van der Waals surface area contributed by atoms with Gasteiger partial charge in [-0.1, -0.05) is 12.1 Å². The smallest absolute Gasteiger partial charge is 0.335 e. The van der Waals surface area contributed by atoms with E-state index in [1.165, 1.54) is 12.1 Å². The number of pyridine rings is 1. The topological polar surface area (TPSA) is 202 Å². The molecule has 0 saturated carbocycles. The number of aromatic hydroxyl groups is 2. The lowest BCUT2D eigenvalue weighted by molar-refractivity contribution is -0.663. The lowest BCUT2D eigenvalue weighted by atomic mass is 10.2. The number of para-hydroxylation sites is 1. The molecule has 3 aromatic heterocycles. The number of oxazole rings is 1. The number of hydrogen-bond donors (Lipinski definition) is 3. The van der Waals surface area contributed by atoms with Crippen molar-refractivity contribution < 1.29 is 65.5 Å². The van der Waals surface area contributed by atoms with Gasteiger partial charge in [-0.2, -0.15) is 13.0 Å². The van der Waals surface area contributed by atoms with Gasteiger partial charge in [0.2, 0.25) is 17.3 Å². The fraction of sp³-hybridized carbons (Fsp3) is 0.382. The number of rotatable bonds is 22. The Labute approximate surface area is 293 Å². The highest BCUT2D eigenvalue weighted by Crippen LogP contribution is 2.27. The second kappa shape index (κ2) is 18.5. The highest BCUT2D eigenvalue weighted by Gasteiger charge is 2.22. The summed E-state index contributed by atoms with van der Waals surface area (Å²) in [4.78, 5) is 21.3. The van der Waals surface area contributed by atoms with Crippen molar-refractivity contribution in [2.45, 2.75) is 19.4 Å². The minimum Gasteiger partial charge on any atom is -0.493 e. The summed E-state index contributed by atoms with van der Waals surface area (Å²) in [6, 6.07) is 19.5. The molecule has 0 fully saturated rings. The van der Waals surface area contributed by atoms with Crippen LogP contribution in [0.4, 0.5) is 0 Å². The van der Waals surface area contributed by atoms with Gasteiger partial charge >= 0.3 is 5.97 Å². The molecule has 0 aliphatic rings. The Balaban J connectivity index is 1.00. The highest BCUT2D eigenvalue weighted by molar-refractivity contribution is 7.85. The van der Waals surface area contributed by atoms with Crippen molar-refractivity contribution in [2.24, 2.45) is 0 Å². The van der Waals surface area contributed by atoms with Crippen molar-refractivity contribution in [2.75, 3.05) is 65.2 Å². The Morgan fingerprint density at radius 1 is 0.804 bits per heavy atom. The summed E-state index contributed by atoms with van der Waals surface area (Å²) in [6.45, 7) is 3.22. The van der Waals surface area contributed by atoms with Gasteiger partial charge in [-0.25, -0.2) is 9.78 Å². The molecular weight excluding hydrogens is 690 g/mol. The van der Waals surface area contributed by atoms with E-state index < -0.39 is 27.8 Å². The first kappa shape index (κ1) is 37.5. The molecule has 0 aliphatic carbocycles. The van der Waals surface area contributed by atoms with E-state index in [9.17, 15) is 23.4 Å². The number of benzene rings is 2. The highest BCUT2D eigenvalue weighted by atomic mass is 32.2. The molecule has 0 radical (unpaired) electrons. The number of carbonyl (C=O) groups is 1. The summed E-state index contributed by atoms with van der Waals surface area (Å²) in [5.74, 6) is -0.917. The molecule has 0 spiro atoms. The van der Waals surface area contributed by atoms with Crippen LogP contribution in [0.1, 0.15) is 12.8 Å². The van der Waals surface area contributed by atoms with Crippen molar-refractivity contribution >= 4 is 38.1 Å². The average molecular weight is 731 g/mol. The number of hydrogen-bond acceptors (Lipinski definition) is 13. The van der Waals surface area contributed by atoms with Crippen LogP contribution in [0.3, 0.4) is 0 Å². The first-order valence-electron chi connectivity index (χ1n) is 16.2. The van der Waals surface area contributed by atoms with Crippen LogP contribution < -0.4 is 14.1 Å². The van der Waals surface area contributed by atoms with Gasteiger partial charge in [-0.3, -0.25) is 4.55 Å². The van der Waals surface area contributed by atoms with E-state index in [2.05, 4.69) is 9.55 Å². The summed E-state index contributed by atoms with van der Waals surface area (Å²) in [6.07, 6.45) is 0.0822. The summed E-state index contributed by atoms with van der Waals surface area (Å²) in [7, 11) is -4.04. The predicted molar refractivity (Wildman–Crippen MR) is 181 cm³/mol. The van der Waals surface area contributed by atoms with E-state index >= 15 is 0 Å². The quantitative estimate of drug-likeness (QED) is 0.0533. The maximum Gasteiger partial charge on any atom is 0.335 e. The summed E-state index contributed by atoms with van der Waals surface area (Å²) in [5, 5.41) is 20.0. The molecule has 2 aromatic carbocycles. The molecular formula is C34H40N3O13S+. The number of nitrogens with zero attached hydrogens (tertiary/aromatic N) is 3. The van der Waals surface area contributed by atoms with E-state index in [1.807, 2.05) is 36.4 Å². The molecule has 0 amide bonds. The standard InChI is InChI=1S/C34H39N3O13S/c38-31-10-11-32(39)37(31)50-33(40)12-15-44-17-19-46-21-22-47-20-18-45-16-13-36-28-5-2-1-4-25(28)6-9-29(36)34-35-27-8-7-26(24-30(27)49-34)48-14-3-23-51(41,42)43/h1-2,4-11,24,35H,3,12-23H2,(H,41,42,43)/p+1. The van der Waals surface area contributed by atoms with Gasteiger partial charge in [0.1, 0.15) is 17.9 Å². The number of ether oxygens (including phenoxy) is 5. The van der Waals surface area contributed by atoms with E-state index in [1.54, 1.807) is 18.2 Å². The van der Waals surface area contributed by atoms with Crippen molar-refractivity contribution in [3.05, 3.63) is 66.7 Å². The molecule has 0 saturated heterocycles. The monoisotopic (exact) mass is 730 g/mol. The van der Waals surface area contributed by atoms with Crippen LogP contribution in [0.25, 0.3) is 33.6 Å². The molecule has 5 aromatic rings. The van der Waals surface area contributed by atoms with Crippen LogP contribution in [-0.2, 0) is 40.4 Å². The van der Waals surface area contributed by atoms with Gasteiger partial charge in [0.05, 0.1) is 65.0 Å². The molecule has 16 nitrogen and oxygen atoms in total. The Morgan fingerprint density at radius 3 is 2.18 bits per heavy atom. The lowest BCUT2D eigenvalue weighted by Gasteiger charge is -2.08. The molecule has 0 aliphatic heterocycles. The Morgan fingerprint density at radius 2 is 1.47 bits per heavy atom. The third-order valence-corrected chi connectivity index (χ3v) is 8.15. The van der Waals surface area contributed by atoms with Crippen LogP contribution >= 0.6 is 0 Å². The minimum atomic E-state index is -4.04. The van der Waals surface area contributed by atoms with Gasteiger partial charge in [0.15, 0.2) is 12.1 Å². The third-order valence-electron chi connectivity index (χ3n) is 7.35. The third kappa shape index (κ3) is 11.4. The zero-order valence-electron chi connectivity index (χ0n) is 27.7. The van der Waals surface area contributed by atoms with E-state index in [-0.39, 0.29) is 38.4 Å². The van der Waals surface area contributed by atoms with Crippen molar-refractivity contribution in [1.82, 2.24) is 9.71 Å². The second-order valence-electron chi connectivity index (χ2n) is 11.1. The molecule has 0 atom stereocenters. The van der Waals surface area contributed by atoms with E-state index in [0.717, 1.165) is 16.6 Å². The second-order valence-corrected chi connectivity index (χ2v) is 12.6. The van der Waals surface area contributed by atoms with E-state index in [0.29, 0.717) is 73.7 Å². The molecule has 3 N–H and O–H groups in total. The van der Waals surface area contributed by atoms with Gasteiger partial charge in [0.25, 0.3) is 21.7 Å². The summed E-state index contributed by atoms with van der Waals surface area (Å²) < 4.78 is 67.5. The molecule has 5 rings (SSSR count). The fourth-order valence-electron chi connectivity index (χ4n) is 4.94. The molecule has 274 valence electrons. The molecule has 3 heterocycles. The first-order chi connectivity index (χ1) is 24.7. The normalized spacial score (nSPS) is 11.8. The number of aromatic nitrogens is 3. The summed E-state index contributed by atoms with van der Waals surface area (Å²) >= 11 is 0. The van der Waals surface area contributed by atoms with Gasteiger partial charge in [0, 0.05) is 35.7 Å². The van der Waals surface area contributed by atoms with Crippen LogP contribution in [0.5, 0.6) is 17.5 Å². The molecule has 0 bridgehead atoms. The van der Waals surface area contributed by atoms with Crippen LogP contribution in [-0.4, -0.2) is 104 Å². The Bertz CT molecular complexity index is 1970.